The molecule has 1 rings (SSSR count). The summed E-state index contributed by atoms with van der Waals surface area (Å²) in [7, 11) is 0. The summed E-state index contributed by atoms with van der Waals surface area (Å²) in [6.45, 7) is 10.2. The molecular formula is C14H22N2O4. The molecular weight excluding hydrogens is 260 g/mol. The van der Waals surface area contributed by atoms with E-state index in [0.29, 0.717) is 12.8 Å². The summed E-state index contributed by atoms with van der Waals surface area (Å²) in [5.74, 6) is -1.33. The zero-order chi connectivity index (χ0) is 16.2. The first kappa shape index (κ1) is 18.1. The molecule has 1 aliphatic carbocycles. The predicted molar refractivity (Wildman–Crippen MR) is 73.6 cm³/mol. The van der Waals surface area contributed by atoms with Crippen LogP contribution < -0.4 is 5.73 Å². The van der Waals surface area contributed by atoms with Crippen molar-refractivity contribution in [3.8, 4) is 6.07 Å². The zero-order valence-electron chi connectivity index (χ0n) is 12.4. The standard InChI is InChI=1S/C7H10N2O2.C7H12O2/c1-6(9,4-8)7(2-3-7)5(10)11;1-5-6(8)9-7(2,3)4/h2-3,9H2,1H3,(H,10,11);5H,1H2,2-4H3. The number of rotatable bonds is 3. The first-order valence-corrected chi connectivity index (χ1v) is 6.21. The number of hydrogen-bond acceptors (Lipinski definition) is 5. The molecule has 0 aromatic carbocycles. The summed E-state index contributed by atoms with van der Waals surface area (Å²) in [6, 6.07) is 1.82. The third kappa shape index (κ3) is 4.67. The lowest BCUT2D eigenvalue weighted by molar-refractivity contribution is -0.148. The highest BCUT2D eigenvalue weighted by Crippen LogP contribution is 2.52. The van der Waals surface area contributed by atoms with E-state index < -0.39 is 22.5 Å². The summed E-state index contributed by atoms with van der Waals surface area (Å²) in [5, 5.41) is 17.3. The number of nitrogens with two attached hydrogens (primary N) is 1. The van der Waals surface area contributed by atoms with Crippen LogP contribution in [0.15, 0.2) is 12.7 Å². The second-order valence-electron chi connectivity index (χ2n) is 5.94. The lowest BCUT2D eigenvalue weighted by Gasteiger charge is -2.22. The fourth-order valence-electron chi connectivity index (χ4n) is 1.53. The topological polar surface area (TPSA) is 113 Å². The molecule has 1 atom stereocenters. The van der Waals surface area contributed by atoms with Crippen molar-refractivity contribution in [2.24, 2.45) is 11.1 Å². The molecule has 1 unspecified atom stereocenters. The molecule has 3 N–H and O–H groups in total. The van der Waals surface area contributed by atoms with Gasteiger partial charge in [0.25, 0.3) is 0 Å². The van der Waals surface area contributed by atoms with Gasteiger partial charge in [0.05, 0.1) is 11.5 Å². The van der Waals surface area contributed by atoms with Crippen molar-refractivity contribution in [1.29, 1.82) is 5.26 Å². The van der Waals surface area contributed by atoms with Gasteiger partial charge in [-0.3, -0.25) is 4.79 Å². The smallest absolute Gasteiger partial charge is 0.330 e. The number of nitriles is 1. The highest BCUT2D eigenvalue weighted by molar-refractivity contribution is 5.81. The number of carbonyl (C=O) groups is 2. The molecule has 0 aliphatic heterocycles. The molecule has 0 radical (unpaired) electrons. The van der Waals surface area contributed by atoms with Crippen molar-refractivity contribution >= 4 is 11.9 Å². The first-order chi connectivity index (χ1) is 8.92. The Balaban J connectivity index is 0.000000370. The third-order valence-electron chi connectivity index (χ3n) is 2.96. The van der Waals surface area contributed by atoms with Crippen molar-refractivity contribution in [3.63, 3.8) is 0 Å². The van der Waals surface area contributed by atoms with E-state index in [1.807, 2.05) is 26.8 Å². The molecule has 112 valence electrons. The van der Waals surface area contributed by atoms with Crippen molar-refractivity contribution in [1.82, 2.24) is 0 Å². The van der Waals surface area contributed by atoms with E-state index in [9.17, 15) is 9.59 Å². The maximum atomic E-state index is 10.7. The largest absolute Gasteiger partial charge is 0.481 e. The second kappa shape index (κ2) is 6.06. The van der Waals surface area contributed by atoms with Gasteiger partial charge >= 0.3 is 11.9 Å². The Labute approximate surface area is 119 Å². The van der Waals surface area contributed by atoms with Gasteiger partial charge in [-0.25, -0.2) is 4.79 Å². The minimum absolute atomic E-state index is 0.373. The molecule has 1 saturated carbocycles. The summed E-state index contributed by atoms with van der Waals surface area (Å²) in [5.41, 5.74) is 2.92. The molecule has 0 aromatic heterocycles. The fraction of sp³-hybridized carbons (Fsp3) is 0.643. The Bertz CT molecular complexity index is 437. The summed E-state index contributed by atoms with van der Waals surface area (Å²) < 4.78 is 4.83. The van der Waals surface area contributed by atoms with Gasteiger partial charge in [0.2, 0.25) is 0 Å². The molecule has 6 nitrogen and oxygen atoms in total. The normalized spacial score (nSPS) is 18.4. The Hall–Kier alpha value is -1.87. The molecule has 0 heterocycles. The molecule has 1 aliphatic rings. The Morgan fingerprint density at radius 1 is 1.40 bits per heavy atom. The van der Waals surface area contributed by atoms with Crippen LogP contribution in [0.25, 0.3) is 0 Å². The van der Waals surface area contributed by atoms with Crippen molar-refractivity contribution < 1.29 is 19.4 Å². The van der Waals surface area contributed by atoms with Gasteiger partial charge < -0.3 is 15.6 Å². The van der Waals surface area contributed by atoms with Gasteiger partial charge in [0, 0.05) is 6.08 Å². The van der Waals surface area contributed by atoms with Crippen LogP contribution in [0.4, 0.5) is 0 Å². The zero-order valence-corrected chi connectivity index (χ0v) is 12.4. The van der Waals surface area contributed by atoms with E-state index in [2.05, 4.69) is 6.58 Å². The summed E-state index contributed by atoms with van der Waals surface area (Å²) >= 11 is 0. The Morgan fingerprint density at radius 3 is 1.95 bits per heavy atom. The van der Waals surface area contributed by atoms with Crippen LogP contribution in [-0.2, 0) is 14.3 Å². The van der Waals surface area contributed by atoms with E-state index in [4.69, 9.17) is 20.8 Å². The van der Waals surface area contributed by atoms with E-state index in [1.165, 1.54) is 6.92 Å². The van der Waals surface area contributed by atoms with Crippen molar-refractivity contribution in [2.45, 2.75) is 51.7 Å². The average Bonchev–Trinajstić information content (AvgIpc) is 3.08. The average molecular weight is 282 g/mol. The number of aliphatic carboxylic acids is 1. The second-order valence-corrected chi connectivity index (χ2v) is 5.94. The molecule has 0 saturated heterocycles. The number of hydrogen-bond donors (Lipinski definition) is 2. The van der Waals surface area contributed by atoms with Crippen LogP contribution in [0.1, 0.15) is 40.5 Å². The van der Waals surface area contributed by atoms with E-state index in [1.54, 1.807) is 0 Å². The summed E-state index contributed by atoms with van der Waals surface area (Å²) in [6.07, 6.45) is 2.19. The SMILES string of the molecule is C=CC(=O)OC(C)(C)C.CC(N)(C#N)C1(C(=O)O)CC1. The number of esters is 1. The number of carboxylic acids is 1. The van der Waals surface area contributed by atoms with Gasteiger partial charge in [0.15, 0.2) is 0 Å². The lowest BCUT2D eigenvalue weighted by Crippen LogP contribution is -2.48. The maximum Gasteiger partial charge on any atom is 0.330 e. The van der Waals surface area contributed by atoms with Crippen LogP contribution in [0.5, 0.6) is 0 Å². The fourth-order valence-corrected chi connectivity index (χ4v) is 1.53. The highest BCUT2D eigenvalue weighted by Gasteiger charge is 2.61. The highest BCUT2D eigenvalue weighted by atomic mass is 16.6. The Kier molecular flexibility index (Phi) is 5.49. The van der Waals surface area contributed by atoms with Gasteiger partial charge in [-0.15, -0.1) is 0 Å². The number of carboxylic acid groups (broad SMARTS) is 1. The van der Waals surface area contributed by atoms with E-state index >= 15 is 0 Å². The summed E-state index contributed by atoms with van der Waals surface area (Å²) in [4.78, 5) is 21.1. The molecule has 0 amide bonds. The van der Waals surface area contributed by atoms with Crippen LogP contribution >= 0.6 is 0 Å². The van der Waals surface area contributed by atoms with Crippen LogP contribution in [0.3, 0.4) is 0 Å². The minimum Gasteiger partial charge on any atom is -0.481 e. The van der Waals surface area contributed by atoms with Gasteiger partial charge in [0.1, 0.15) is 11.1 Å². The van der Waals surface area contributed by atoms with Crippen molar-refractivity contribution in [2.75, 3.05) is 0 Å². The van der Waals surface area contributed by atoms with Crippen LogP contribution in [0.2, 0.25) is 0 Å². The van der Waals surface area contributed by atoms with E-state index in [-0.39, 0.29) is 5.97 Å². The van der Waals surface area contributed by atoms with E-state index in [0.717, 1.165) is 6.08 Å². The van der Waals surface area contributed by atoms with Crippen LogP contribution in [0, 0.1) is 16.7 Å². The molecule has 6 heteroatoms. The van der Waals surface area contributed by atoms with Crippen molar-refractivity contribution in [3.05, 3.63) is 12.7 Å². The van der Waals surface area contributed by atoms with Gasteiger partial charge in [-0.2, -0.15) is 5.26 Å². The molecule has 20 heavy (non-hydrogen) atoms. The van der Waals surface area contributed by atoms with Crippen LogP contribution in [-0.4, -0.2) is 28.2 Å². The molecule has 1 fully saturated rings. The molecule has 0 aromatic rings. The van der Waals surface area contributed by atoms with Gasteiger partial charge in [-0.1, -0.05) is 6.58 Å². The maximum absolute atomic E-state index is 10.7. The minimum atomic E-state index is -1.22. The number of carbonyl (C=O) groups excluding carboxylic acids is 1. The Morgan fingerprint density at radius 2 is 1.85 bits per heavy atom. The number of nitrogens with zero attached hydrogens (tertiary/aromatic N) is 1. The third-order valence-corrected chi connectivity index (χ3v) is 2.96. The number of ether oxygens (including phenoxy) is 1. The quantitative estimate of drug-likeness (QED) is 0.600. The van der Waals surface area contributed by atoms with Gasteiger partial charge in [-0.05, 0) is 40.5 Å². The molecule has 0 spiro atoms. The molecule has 0 bridgehead atoms. The lowest BCUT2D eigenvalue weighted by atomic mass is 9.85. The first-order valence-electron chi connectivity index (χ1n) is 6.21. The predicted octanol–water partition coefficient (Wildman–Crippen LogP) is 1.61. The monoisotopic (exact) mass is 282 g/mol.